The Morgan fingerprint density at radius 3 is 2.17 bits per heavy atom. The number of ether oxygens (including phenoxy) is 2. The van der Waals surface area contributed by atoms with Gasteiger partial charge in [-0.05, 0) is 103 Å². The normalized spacial score (nSPS) is 20.1. The molecule has 0 saturated heterocycles. The molecule has 0 fully saturated rings. The van der Waals surface area contributed by atoms with Gasteiger partial charge in [-0.1, -0.05) is 46.5 Å². The van der Waals surface area contributed by atoms with E-state index in [9.17, 15) is 0 Å². The largest absolute Gasteiger partial charge is 0.488 e. The Kier molecular flexibility index (Phi) is 8.33. The zero-order valence-electron chi connectivity index (χ0n) is 21.6. The van der Waals surface area contributed by atoms with E-state index in [0.717, 1.165) is 42.6 Å². The van der Waals surface area contributed by atoms with Crippen molar-refractivity contribution in [1.29, 1.82) is 0 Å². The predicted octanol–water partition coefficient (Wildman–Crippen LogP) is 8.51. The molecule has 2 atom stereocenters. The van der Waals surface area contributed by atoms with E-state index in [0.29, 0.717) is 0 Å². The van der Waals surface area contributed by atoms with E-state index in [1.54, 1.807) is 0 Å². The summed E-state index contributed by atoms with van der Waals surface area (Å²) < 4.78 is 13.1. The molecule has 2 rings (SSSR count). The average molecular weight is 417 g/mol. The maximum Gasteiger partial charge on any atom is 0.127 e. The summed E-state index contributed by atoms with van der Waals surface area (Å²) in [5.74, 6) is 3.84. The standard InChI is InChI=1S/C28H48O2/c1-19(2)13-11-14-20(3)15-12-17-28(10)18-16-24-23(6)25(29-27(7,8)9)21(4)22(5)26(24)30-28/h19-20H,11-18H2,1-10H3. The van der Waals surface area contributed by atoms with E-state index in [-0.39, 0.29) is 11.2 Å². The minimum absolute atomic E-state index is 0.0410. The van der Waals surface area contributed by atoms with Crippen LogP contribution in [0.15, 0.2) is 0 Å². The number of fused-ring (bicyclic) bond motifs is 1. The molecule has 0 saturated carbocycles. The summed E-state index contributed by atoms with van der Waals surface area (Å²) in [4.78, 5) is 0. The first-order chi connectivity index (χ1) is 13.8. The van der Waals surface area contributed by atoms with Crippen LogP contribution in [0.25, 0.3) is 0 Å². The predicted molar refractivity (Wildman–Crippen MR) is 130 cm³/mol. The molecule has 0 bridgehead atoms. The molecule has 1 aromatic rings. The molecule has 2 unspecified atom stereocenters. The van der Waals surface area contributed by atoms with Crippen molar-refractivity contribution in [2.75, 3.05) is 0 Å². The molecule has 0 amide bonds. The van der Waals surface area contributed by atoms with Gasteiger partial charge in [0.25, 0.3) is 0 Å². The van der Waals surface area contributed by atoms with E-state index < -0.39 is 0 Å². The molecule has 1 aliphatic heterocycles. The second-order valence-electron chi connectivity index (χ2n) is 11.6. The molecular formula is C28H48O2. The molecule has 0 spiro atoms. The summed E-state index contributed by atoms with van der Waals surface area (Å²) >= 11 is 0. The first-order valence-electron chi connectivity index (χ1n) is 12.3. The van der Waals surface area contributed by atoms with Crippen molar-refractivity contribution in [3.05, 3.63) is 22.3 Å². The minimum atomic E-state index is -0.188. The minimum Gasteiger partial charge on any atom is -0.488 e. The van der Waals surface area contributed by atoms with Crippen LogP contribution in [0.4, 0.5) is 0 Å². The van der Waals surface area contributed by atoms with Gasteiger partial charge < -0.3 is 9.47 Å². The lowest BCUT2D eigenvalue weighted by atomic mass is 9.83. The Bertz CT molecular complexity index is 711. The van der Waals surface area contributed by atoms with Crippen LogP contribution in [0.5, 0.6) is 11.5 Å². The van der Waals surface area contributed by atoms with Crippen molar-refractivity contribution in [3.8, 4) is 11.5 Å². The third-order valence-corrected chi connectivity index (χ3v) is 6.85. The van der Waals surface area contributed by atoms with E-state index in [2.05, 4.69) is 69.2 Å². The van der Waals surface area contributed by atoms with Crippen LogP contribution in [0.1, 0.15) is 116 Å². The van der Waals surface area contributed by atoms with E-state index in [1.165, 1.54) is 54.4 Å². The van der Waals surface area contributed by atoms with Crippen LogP contribution < -0.4 is 9.47 Å². The maximum absolute atomic E-state index is 6.74. The molecule has 0 radical (unpaired) electrons. The molecule has 0 aromatic heterocycles. The van der Waals surface area contributed by atoms with E-state index in [1.807, 2.05) is 0 Å². The highest BCUT2D eigenvalue weighted by atomic mass is 16.5. The lowest BCUT2D eigenvalue weighted by Gasteiger charge is -2.39. The molecule has 2 heteroatoms. The van der Waals surface area contributed by atoms with E-state index in [4.69, 9.17) is 9.47 Å². The Hall–Kier alpha value is -1.18. The van der Waals surface area contributed by atoms with Crippen molar-refractivity contribution < 1.29 is 9.47 Å². The zero-order valence-corrected chi connectivity index (χ0v) is 21.6. The number of hydrogen-bond donors (Lipinski definition) is 0. The number of rotatable bonds is 9. The van der Waals surface area contributed by atoms with Gasteiger partial charge in [0.2, 0.25) is 0 Å². The second-order valence-corrected chi connectivity index (χ2v) is 11.6. The summed E-state index contributed by atoms with van der Waals surface area (Å²) in [6.07, 6.45) is 10.0. The lowest BCUT2D eigenvalue weighted by Crippen LogP contribution is -2.37. The molecule has 1 heterocycles. The Morgan fingerprint density at radius 2 is 1.57 bits per heavy atom. The Labute approximate surface area is 187 Å². The molecule has 30 heavy (non-hydrogen) atoms. The fraction of sp³-hybridized carbons (Fsp3) is 0.786. The first kappa shape index (κ1) is 25.1. The van der Waals surface area contributed by atoms with Gasteiger partial charge in [-0.25, -0.2) is 0 Å². The van der Waals surface area contributed by atoms with Gasteiger partial charge in [0.15, 0.2) is 0 Å². The van der Waals surface area contributed by atoms with Crippen molar-refractivity contribution in [2.24, 2.45) is 11.8 Å². The van der Waals surface area contributed by atoms with Crippen molar-refractivity contribution in [2.45, 2.75) is 132 Å². The maximum atomic E-state index is 6.74. The number of hydrogen-bond acceptors (Lipinski definition) is 2. The van der Waals surface area contributed by atoms with Crippen LogP contribution in [0.3, 0.4) is 0 Å². The second kappa shape index (κ2) is 9.96. The van der Waals surface area contributed by atoms with Gasteiger partial charge in [0, 0.05) is 5.56 Å². The topological polar surface area (TPSA) is 18.5 Å². The van der Waals surface area contributed by atoms with Gasteiger partial charge in [-0.2, -0.15) is 0 Å². The fourth-order valence-electron chi connectivity index (χ4n) is 4.76. The van der Waals surface area contributed by atoms with Crippen LogP contribution >= 0.6 is 0 Å². The highest BCUT2D eigenvalue weighted by Crippen LogP contribution is 2.45. The number of benzene rings is 1. The van der Waals surface area contributed by atoms with Gasteiger partial charge in [0.1, 0.15) is 22.7 Å². The molecule has 0 N–H and O–H groups in total. The Morgan fingerprint density at radius 1 is 0.933 bits per heavy atom. The Balaban J connectivity index is 2.04. The SMILES string of the molecule is Cc1c(C)c2c(c(C)c1OC(C)(C)C)CCC(C)(CCCC(C)CCCC(C)C)O2. The molecule has 1 aromatic carbocycles. The quantitative estimate of drug-likeness (QED) is 0.401. The summed E-state index contributed by atoms with van der Waals surface area (Å²) in [5, 5.41) is 0. The summed E-state index contributed by atoms with van der Waals surface area (Å²) in [6.45, 7) is 22.4. The summed E-state index contributed by atoms with van der Waals surface area (Å²) in [6, 6.07) is 0. The third-order valence-electron chi connectivity index (χ3n) is 6.85. The average Bonchev–Trinajstić information content (AvgIpc) is 2.62. The molecular weight excluding hydrogens is 368 g/mol. The smallest absolute Gasteiger partial charge is 0.127 e. The van der Waals surface area contributed by atoms with Gasteiger partial charge in [-0.3, -0.25) is 0 Å². The molecule has 1 aliphatic rings. The summed E-state index contributed by atoms with van der Waals surface area (Å²) in [7, 11) is 0. The molecule has 172 valence electrons. The molecule has 2 nitrogen and oxygen atoms in total. The van der Waals surface area contributed by atoms with E-state index >= 15 is 0 Å². The monoisotopic (exact) mass is 416 g/mol. The van der Waals surface area contributed by atoms with Crippen LogP contribution in [0.2, 0.25) is 0 Å². The van der Waals surface area contributed by atoms with Gasteiger partial charge in [0.05, 0.1) is 0 Å². The van der Waals surface area contributed by atoms with Crippen LogP contribution in [0, 0.1) is 32.6 Å². The van der Waals surface area contributed by atoms with Crippen LogP contribution in [-0.2, 0) is 6.42 Å². The van der Waals surface area contributed by atoms with Crippen molar-refractivity contribution >= 4 is 0 Å². The van der Waals surface area contributed by atoms with Gasteiger partial charge >= 0.3 is 0 Å². The fourth-order valence-corrected chi connectivity index (χ4v) is 4.76. The molecule has 0 aliphatic carbocycles. The third kappa shape index (κ3) is 6.66. The van der Waals surface area contributed by atoms with Crippen molar-refractivity contribution in [3.63, 3.8) is 0 Å². The lowest BCUT2D eigenvalue weighted by molar-refractivity contribution is 0.0506. The zero-order chi connectivity index (χ0) is 22.7. The van der Waals surface area contributed by atoms with Gasteiger partial charge in [-0.15, -0.1) is 0 Å². The first-order valence-corrected chi connectivity index (χ1v) is 12.3. The van der Waals surface area contributed by atoms with Crippen LogP contribution in [-0.4, -0.2) is 11.2 Å². The highest BCUT2D eigenvalue weighted by molar-refractivity contribution is 5.59. The summed E-state index contributed by atoms with van der Waals surface area (Å²) in [5.41, 5.74) is 4.88. The van der Waals surface area contributed by atoms with Crippen molar-refractivity contribution in [1.82, 2.24) is 0 Å². The highest BCUT2D eigenvalue weighted by Gasteiger charge is 2.35.